The van der Waals surface area contributed by atoms with Gasteiger partial charge in [0.05, 0.1) is 4.92 Å². The van der Waals surface area contributed by atoms with Crippen LogP contribution in [0.4, 0.5) is 20.2 Å². The predicted octanol–water partition coefficient (Wildman–Crippen LogP) is 2.86. The Morgan fingerprint density at radius 2 is 2.10 bits per heavy atom. The Bertz CT molecular complexity index is 509. The molecule has 0 aliphatic carbocycles. The Morgan fingerprint density at radius 1 is 1.38 bits per heavy atom. The quantitative estimate of drug-likeness (QED) is 0.571. The molecule has 0 saturated heterocycles. The van der Waals surface area contributed by atoms with E-state index in [0.717, 1.165) is 18.6 Å². The van der Waals surface area contributed by atoms with E-state index in [2.05, 4.69) is 10.6 Å². The Hall–Kier alpha value is -2.25. The highest BCUT2D eigenvalue weighted by molar-refractivity contribution is 5.76. The fourth-order valence-corrected chi connectivity index (χ4v) is 1.67. The van der Waals surface area contributed by atoms with Crippen LogP contribution in [0.25, 0.3) is 0 Å². The van der Waals surface area contributed by atoms with Gasteiger partial charge in [-0.15, -0.1) is 0 Å². The standard InChI is InChI=1S/C13H17F2N3O3/c1-2-6-17-12(19)5-7-16-11-4-3-9(18(20)21)8-10(11)13(14)15/h3-4,8,13,16H,2,5-7H2,1H3,(H,17,19). The molecule has 0 saturated carbocycles. The van der Waals surface area contributed by atoms with Gasteiger partial charge >= 0.3 is 0 Å². The maximum atomic E-state index is 12.9. The molecule has 0 radical (unpaired) electrons. The van der Waals surface area contributed by atoms with Crippen molar-refractivity contribution in [1.29, 1.82) is 0 Å². The summed E-state index contributed by atoms with van der Waals surface area (Å²) in [4.78, 5) is 21.2. The van der Waals surface area contributed by atoms with Crippen LogP contribution in [-0.2, 0) is 4.79 Å². The lowest BCUT2D eigenvalue weighted by Gasteiger charge is -2.11. The second-order valence-corrected chi connectivity index (χ2v) is 4.36. The fourth-order valence-electron chi connectivity index (χ4n) is 1.67. The molecule has 0 bridgehead atoms. The number of nitrogens with one attached hydrogen (secondary N) is 2. The van der Waals surface area contributed by atoms with Gasteiger partial charge in [0, 0.05) is 42.9 Å². The maximum Gasteiger partial charge on any atom is 0.270 e. The molecule has 1 aromatic rings. The van der Waals surface area contributed by atoms with E-state index in [1.165, 1.54) is 6.07 Å². The van der Waals surface area contributed by atoms with Crippen molar-refractivity contribution in [1.82, 2.24) is 5.32 Å². The van der Waals surface area contributed by atoms with E-state index in [1.54, 1.807) is 0 Å². The molecule has 6 nitrogen and oxygen atoms in total. The Balaban J connectivity index is 2.66. The number of carbonyl (C=O) groups is 1. The molecule has 2 N–H and O–H groups in total. The van der Waals surface area contributed by atoms with Crippen molar-refractivity contribution in [2.75, 3.05) is 18.4 Å². The lowest BCUT2D eigenvalue weighted by molar-refractivity contribution is -0.385. The van der Waals surface area contributed by atoms with Crippen LogP contribution in [0.3, 0.4) is 0 Å². The summed E-state index contributed by atoms with van der Waals surface area (Å²) in [5, 5.41) is 15.9. The topological polar surface area (TPSA) is 84.3 Å². The lowest BCUT2D eigenvalue weighted by Crippen LogP contribution is -2.26. The van der Waals surface area contributed by atoms with Gasteiger partial charge in [-0.05, 0) is 12.5 Å². The molecule has 0 spiro atoms. The first-order valence-electron chi connectivity index (χ1n) is 6.52. The number of hydrogen-bond acceptors (Lipinski definition) is 4. The zero-order valence-electron chi connectivity index (χ0n) is 11.6. The van der Waals surface area contributed by atoms with Gasteiger partial charge in [-0.2, -0.15) is 0 Å². The monoisotopic (exact) mass is 301 g/mol. The minimum atomic E-state index is -2.83. The summed E-state index contributed by atoms with van der Waals surface area (Å²) in [7, 11) is 0. The van der Waals surface area contributed by atoms with E-state index in [1.807, 2.05) is 6.92 Å². The van der Waals surface area contributed by atoms with E-state index in [9.17, 15) is 23.7 Å². The van der Waals surface area contributed by atoms with E-state index in [0.29, 0.717) is 6.54 Å². The maximum absolute atomic E-state index is 12.9. The molecule has 0 unspecified atom stereocenters. The first-order valence-corrected chi connectivity index (χ1v) is 6.52. The number of rotatable bonds is 8. The number of hydrogen-bond donors (Lipinski definition) is 2. The summed E-state index contributed by atoms with van der Waals surface area (Å²) in [6, 6.07) is 3.21. The Kier molecular flexibility index (Phi) is 6.51. The van der Waals surface area contributed by atoms with E-state index >= 15 is 0 Å². The second kappa shape index (κ2) is 8.13. The first kappa shape index (κ1) is 16.8. The molecule has 116 valence electrons. The number of halogens is 2. The lowest BCUT2D eigenvalue weighted by atomic mass is 10.1. The van der Waals surface area contributed by atoms with Gasteiger partial charge in [-0.25, -0.2) is 8.78 Å². The zero-order chi connectivity index (χ0) is 15.8. The number of nitrogens with zero attached hydrogens (tertiary/aromatic N) is 1. The summed E-state index contributed by atoms with van der Waals surface area (Å²) in [5.74, 6) is -0.176. The predicted molar refractivity (Wildman–Crippen MR) is 74.5 cm³/mol. The van der Waals surface area contributed by atoms with Crippen molar-refractivity contribution in [3.63, 3.8) is 0 Å². The molecule has 0 aliphatic heterocycles. The largest absolute Gasteiger partial charge is 0.384 e. The van der Waals surface area contributed by atoms with Crippen LogP contribution in [0.1, 0.15) is 31.8 Å². The zero-order valence-corrected chi connectivity index (χ0v) is 11.6. The molecular weight excluding hydrogens is 284 g/mol. The number of non-ortho nitro benzene ring substituents is 1. The number of anilines is 1. The minimum Gasteiger partial charge on any atom is -0.384 e. The van der Waals surface area contributed by atoms with Gasteiger partial charge < -0.3 is 10.6 Å². The second-order valence-electron chi connectivity index (χ2n) is 4.36. The van der Waals surface area contributed by atoms with Gasteiger partial charge in [-0.1, -0.05) is 6.92 Å². The minimum absolute atomic E-state index is 0.0962. The van der Waals surface area contributed by atoms with E-state index < -0.39 is 22.6 Å². The third-order valence-electron chi connectivity index (χ3n) is 2.72. The summed E-state index contributed by atoms with van der Waals surface area (Å²) >= 11 is 0. The van der Waals surface area contributed by atoms with Gasteiger partial charge in [0.2, 0.25) is 5.91 Å². The number of benzene rings is 1. The number of amides is 1. The van der Waals surface area contributed by atoms with Crippen LogP contribution in [0.2, 0.25) is 0 Å². The molecule has 0 fully saturated rings. The van der Waals surface area contributed by atoms with Gasteiger partial charge in [0.25, 0.3) is 12.1 Å². The molecule has 0 aliphatic rings. The van der Waals surface area contributed by atoms with Crippen LogP contribution in [0.5, 0.6) is 0 Å². The van der Waals surface area contributed by atoms with Crippen molar-refractivity contribution >= 4 is 17.3 Å². The van der Waals surface area contributed by atoms with Crippen LogP contribution >= 0.6 is 0 Å². The summed E-state index contributed by atoms with van der Waals surface area (Å²) < 4.78 is 25.8. The van der Waals surface area contributed by atoms with Gasteiger partial charge in [0.1, 0.15) is 0 Å². The third kappa shape index (κ3) is 5.33. The van der Waals surface area contributed by atoms with Crippen molar-refractivity contribution in [3.8, 4) is 0 Å². The smallest absolute Gasteiger partial charge is 0.270 e. The van der Waals surface area contributed by atoms with Crippen molar-refractivity contribution in [2.24, 2.45) is 0 Å². The number of carbonyl (C=O) groups excluding carboxylic acids is 1. The highest BCUT2D eigenvalue weighted by Gasteiger charge is 2.17. The Morgan fingerprint density at radius 3 is 2.67 bits per heavy atom. The summed E-state index contributed by atoms with van der Waals surface area (Å²) in [6.07, 6.45) is -1.88. The van der Waals surface area contributed by atoms with Crippen LogP contribution < -0.4 is 10.6 Å². The van der Waals surface area contributed by atoms with Gasteiger partial charge in [-0.3, -0.25) is 14.9 Å². The number of nitro groups is 1. The molecular formula is C13H17F2N3O3. The highest BCUT2D eigenvalue weighted by atomic mass is 19.3. The van der Waals surface area contributed by atoms with Crippen LogP contribution in [0, 0.1) is 10.1 Å². The van der Waals surface area contributed by atoms with Crippen molar-refractivity contribution in [3.05, 3.63) is 33.9 Å². The SMILES string of the molecule is CCCNC(=O)CCNc1ccc([N+](=O)[O-])cc1C(F)F. The molecule has 0 aromatic heterocycles. The normalized spacial score (nSPS) is 10.5. The fraction of sp³-hybridized carbons (Fsp3) is 0.462. The van der Waals surface area contributed by atoms with Crippen LogP contribution in [0.15, 0.2) is 18.2 Å². The van der Waals surface area contributed by atoms with Crippen molar-refractivity contribution < 1.29 is 18.5 Å². The average molecular weight is 301 g/mol. The molecule has 21 heavy (non-hydrogen) atoms. The Labute approximate surface area is 120 Å². The molecule has 1 rings (SSSR count). The third-order valence-corrected chi connectivity index (χ3v) is 2.72. The highest BCUT2D eigenvalue weighted by Crippen LogP contribution is 2.30. The molecule has 8 heteroatoms. The molecule has 0 atom stereocenters. The van der Waals surface area contributed by atoms with Crippen molar-refractivity contribution in [2.45, 2.75) is 26.2 Å². The van der Waals surface area contributed by atoms with Gasteiger partial charge in [0.15, 0.2) is 0 Å². The number of nitro benzene ring substituents is 1. The average Bonchev–Trinajstić information content (AvgIpc) is 2.44. The summed E-state index contributed by atoms with van der Waals surface area (Å²) in [6.45, 7) is 2.66. The summed E-state index contributed by atoms with van der Waals surface area (Å²) in [5.41, 5.74) is -0.742. The molecule has 1 aromatic carbocycles. The van der Waals surface area contributed by atoms with Crippen LogP contribution in [-0.4, -0.2) is 23.9 Å². The number of alkyl halides is 2. The van der Waals surface area contributed by atoms with E-state index in [4.69, 9.17) is 0 Å². The molecule has 0 heterocycles. The van der Waals surface area contributed by atoms with E-state index in [-0.39, 0.29) is 24.6 Å². The molecule has 1 amide bonds. The first-order chi connectivity index (χ1) is 9.95.